The summed E-state index contributed by atoms with van der Waals surface area (Å²) in [6.45, 7) is 5.14. The highest BCUT2D eigenvalue weighted by molar-refractivity contribution is 6.01. The number of likely N-dealkylation sites (N-methyl/N-ethyl adjacent to an activating group) is 1. The van der Waals surface area contributed by atoms with Gasteiger partial charge in [0.2, 0.25) is 5.91 Å². The van der Waals surface area contributed by atoms with Crippen LogP contribution in [0.5, 0.6) is 0 Å². The van der Waals surface area contributed by atoms with E-state index in [1.807, 2.05) is 13.8 Å². The molecule has 9 atom stereocenters. The van der Waals surface area contributed by atoms with E-state index in [4.69, 9.17) is 0 Å². The Hall–Kier alpha value is -1.65. The number of alkyl halides is 1. The molecule has 4 aliphatic carbocycles. The zero-order valence-corrected chi connectivity index (χ0v) is 20.4. The highest BCUT2D eigenvalue weighted by atomic mass is 19.1. The number of halogens is 1. The summed E-state index contributed by atoms with van der Waals surface area (Å²) in [6.07, 6.45) is 4.68. The molecule has 0 aromatic carbocycles. The van der Waals surface area contributed by atoms with Crippen molar-refractivity contribution >= 4 is 11.7 Å². The second-order valence-electron chi connectivity index (χ2n) is 11.2. The van der Waals surface area contributed by atoms with Gasteiger partial charge in [-0.25, -0.2) is 9.82 Å². The maximum absolute atomic E-state index is 17.2. The van der Waals surface area contributed by atoms with E-state index in [9.17, 15) is 24.9 Å². The molecule has 8 nitrogen and oxygen atoms in total. The van der Waals surface area contributed by atoms with Gasteiger partial charge in [0.15, 0.2) is 11.5 Å². The molecule has 9 heteroatoms. The lowest BCUT2D eigenvalue weighted by molar-refractivity contribution is -0.228. The van der Waals surface area contributed by atoms with E-state index in [0.717, 1.165) is 0 Å². The van der Waals surface area contributed by atoms with Crippen LogP contribution in [0.3, 0.4) is 0 Å². The Morgan fingerprint density at radius 3 is 2.68 bits per heavy atom. The molecule has 1 amide bonds. The summed E-state index contributed by atoms with van der Waals surface area (Å²) >= 11 is 0. The normalized spacial score (nSPS) is 46.2. The topological polar surface area (TPSA) is 131 Å². The van der Waals surface area contributed by atoms with Crippen molar-refractivity contribution in [1.29, 1.82) is 0 Å². The lowest BCUT2D eigenvalue weighted by Crippen LogP contribution is -2.72. The lowest BCUT2D eigenvalue weighted by atomic mass is 9.44. The third-order valence-corrected chi connectivity index (χ3v) is 9.74. The van der Waals surface area contributed by atoms with Crippen LogP contribution in [-0.4, -0.2) is 70.6 Å². The number of allylic oxidation sites excluding steroid dienone is 4. The number of ketones is 1. The van der Waals surface area contributed by atoms with Crippen molar-refractivity contribution in [3.8, 4) is 0 Å². The Morgan fingerprint density at radius 1 is 1.32 bits per heavy atom. The number of aliphatic hydroxyl groups is 3. The standard InChI is InChI=1S/C25H38FN3O5/c1-14-9-18-17-6-5-15-10-16(31)7-8-22(15,2)24(17,26)20(32)11-23(18,3)25(14,34)19(13-30)28-29-21(33)12-27-4/h7-8,10,14,17-20,27-28,30,32,34H,5-6,9,11-13H2,1-4H3,(H,29,33)/t14-,17+,18+,19?,20+,22+,23+,24+,25+/m1/s1. The Balaban J connectivity index is 1.70. The van der Waals surface area contributed by atoms with Crippen molar-refractivity contribution in [3.05, 3.63) is 23.8 Å². The number of amides is 1. The summed E-state index contributed by atoms with van der Waals surface area (Å²) in [6, 6.07) is -0.903. The van der Waals surface area contributed by atoms with Gasteiger partial charge in [0.1, 0.15) is 0 Å². The Kier molecular flexibility index (Phi) is 6.35. The maximum atomic E-state index is 17.2. The van der Waals surface area contributed by atoms with Gasteiger partial charge in [-0.15, -0.1) is 0 Å². The first-order valence-corrected chi connectivity index (χ1v) is 12.2. The molecule has 190 valence electrons. The van der Waals surface area contributed by atoms with Crippen molar-refractivity contribution in [3.63, 3.8) is 0 Å². The van der Waals surface area contributed by atoms with E-state index in [1.54, 1.807) is 20.0 Å². The van der Waals surface area contributed by atoms with Gasteiger partial charge in [-0.05, 0) is 63.6 Å². The van der Waals surface area contributed by atoms with Gasteiger partial charge >= 0.3 is 0 Å². The van der Waals surface area contributed by atoms with Gasteiger partial charge in [-0.2, -0.15) is 0 Å². The SMILES string of the molecule is CNCC(=O)NNC(CO)[C@@]1(O)[C@H](C)C[C@H]2[C@@H]3CCC4=CC(=O)C=C[C@]4(C)[C@@]3(F)[C@@H](O)C[C@@]21C. The number of carbonyl (C=O) groups excluding carboxylic acids is 2. The Bertz CT molecular complexity index is 926. The molecule has 4 aliphatic rings. The molecule has 0 aromatic heterocycles. The molecule has 3 fully saturated rings. The van der Waals surface area contributed by atoms with Gasteiger partial charge in [-0.3, -0.25) is 15.0 Å². The van der Waals surface area contributed by atoms with E-state index in [0.29, 0.717) is 24.8 Å². The van der Waals surface area contributed by atoms with E-state index < -0.39 is 46.8 Å². The van der Waals surface area contributed by atoms with Gasteiger partial charge in [0.05, 0.1) is 30.9 Å². The minimum atomic E-state index is -1.98. The number of nitrogens with one attached hydrogen (secondary N) is 3. The van der Waals surface area contributed by atoms with Crippen molar-refractivity contribution < 1.29 is 29.3 Å². The molecule has 34 heavy (non-hydrogen) atoms. The first kappa shape index (κ1) is 25.4. The molecule has 6 N–H and O–H groups in total. The quantitative estimate of drug-likeness (QED) is 0.307. The molecule has 0 saturated heterocycles. The minimum Gasteiger partial charge on any atom is -0.395 e. The highest BCUT2D eigenvalue weighted by Crippen LogP contribution is 2.71. The summed E-state index contributed by atoms with van der Waals surface area (Å²) < 4.78 is 17.2. The zero-order chi connectivity index (χ0) is 25.1. The molecule has 0 aromatic rings. The summed E-state index contributed by atoms with van der Waals surface area (Å²) in [7, 11) is 1.64. The van der Waals surface area contributed by atoms with Crippen LogP contribution in [0.2, 0.25) is 0 Å². The van der Waals surface area contributed by atoms with E-state index in [1.165, 1.54) is 12.2 Å². The van der Waals surface area contributed by atoms with Crippen LogP contribution >= 0.6 is 0 Å². The first-order chi connectivity index (χ1) is 15.9. The zero-order valence-electron chi connectivity index (χ0n) is 20.4. The van der Waals surface area contributed by atoms with E-state index in [2.05, 4.69) is 16.2 Å². The van der Waals surface area contributed by atoms with Crippen LogP contribution in [0.1, 0.15) is 46.5 Å². The van der Waals surface area contributed by atoms with Crippen LogP contribution in [0.25, 0.3) is 0 Å². The summed E-state index contributed by atoms with van der Waals surface area (Å²) in [5, 5.41) is 36.5. The fourth-order valence-electron chi connectivity index (χ4n) is 7.99. The number of carbonyl (C=O) groups is 2. The van der Waals surface area contributed by atoms with Crippen molar-refractivity contribution in [2.75, 3.05) is 20.2 Å². The lowest BCUT2D eigenvalue weighted by Gasteiger charge is -2.63. The number of hydrazine groups is 1. The molecule has 0 heterocycles. The number of rotatable bonds is 6. The molecule has 0 aliphatic heterocycles. The van der Waals surface area contributed by atoms with Gasteiger partial charge in [0, 0.05) is 16.7 Å². The minimum absolute atomic E-state index is 0.00119. The number of hydrogen-bond acceptors (Lipinski definition) is 7. The average molecular weight is 480 g/mol. The molecular formula is C25H38FN3O5. The molecular weight excluding hydrogens is 441 g/mol. The van der Waals surface area contributed by atoms with Gasteiger partial charge in [0.25, 0.3) is 0 Å². The maximum Gasteiger partial charge on any atom is 0.248 e. The first-order valence-electron chi connectivity index (χ1n) is 12.2. The van der Waals surface area contributed by atoms with Crippen molar-refractivity contribution in [2.24, 2.45) is 28.6 Å². The fourth-order valence-corrected chi connectivity index (χ4v) is 7.99. The van der Waals surface area contributed by atoms with Gasteiger partial charge in [-0.1, -0.05) is 25.5 Å². The van der Waals surface area contributed by atoms with E-state index in [-0.39, 0.29) is 36.5 Å². The molecule has 0 bridgehead atoms. The van der Waals surface area contributed by atoms with Crippen LogP contribution in [-0.2, 0) is 9.59 Å². The predicted molar refractivity (Wildman–Crippen MR) is 124 cm³/mol. The predicted octanol–water partition coefficient (Wildman–Crippen LogP) is 0.535. The summed E-state index contributed by atoms with van der Waals surface area (Å²) in [5.74, 6) is -1.62. The molecule has 0 radical (unpaired) electrons. The third-order valence-electron chi connectivity index (χ3n) is 9.74. The molecule has 0 spiro atoms. The van der Waals surface area contributed by atoms with Crippen LogP contribution < -0.4 is 16.2 Å². The molecule has 3 saturated carbocycles. The van der Waals surface area contributed by atoms with Crippen LogP contribution in [0, 0.1) is 28.6 Å². The van der Waals surface area contributed by atoms with E-state index >= 15 is 4.39 Å². The Morgan fingerprint density at radius 2 is 2.03 bits per heavy atom. The number of fused-ring (bicyclic) bond motifs is 5. The number of aliphatic hydroxyl groups excluding tert-OH is 2. The van der Waals surface area contributed by atoms with Crippen molar-refractivity contribution in [1.82, 2.24) is 16.2 Å². The largest absolute Gasteiger partial charge is 0.395 e. The fraction of sp³-hybridized carbons (Fsp3) is 0.760. The second-order valence-corrected chi connectivity index (χ2v) is 11.2. The monoisotopic (exact) mass is 479 g/mol. The summed E-state index contributed by atoms with van der Waals surface area (Å²) in [5.41, 5.74) is 0.569. The van der Waals surface area contributed by atoms with Crippen LogP contribution in [0.4, 0.5) is 4.39 Å². The average Bonchev–Trinajstić information content (AvgIpc) is 2.97. The Labute approximate surface area is 200 Å². The third kappa shape index (κ3) is 3.20. The molecule has 1 unspecified atom stereocenters. The summed E-state index contributed by atoms with van der Waals surface area (Å²) in [4.78, 5) is 24.0. The van der Waals surface area contributed by atoms with Gasteiger partial charge < -0.3 is 20.6 Å². The van der Waals surface area contributed by atoms with Crippen molar-refractivity contribution in [2.45, 2.75) is 69.9 Å². The highest BCUT2D eigenvalue weighted by Gasteiger charge is 2.75. The second kappa shape index (κ2) is 8.48. The van der Waals surface area contributed by atoms with Crippen LogP contribution in [0.15, 0.2) is 23.8 Å². The number of hydrogen-bond donors (Lipinski definition) is 6. The molecule has 4 rings (SSSR count). The smallest absolute Gasteiger partial charge is 0.248 e.